The van der Waals surface area contributed by atoms with Gasteiger partial charge in [0.25, 0.3) is 5.91 Å². The maximum Gasteiger partial charge on any atom is 0.251 e. The first-order valence-corrected chi connectivity index (χ1v) is 11.3. The second kappa shape index (κ2) is 8.37. The lowest BCUT2D eigenvalue weighted by molar-refractivity contribution is 0.0943. The van der Waals surface area contributed by atoms with Gasteiger partial charge in [-0.2, -0.15) is 4.31 Å². The Morgan fingerprint density at radius 2 is 1.97 bits per heavy atom. The van der Waals surface area contributed by atoms with Crippen molar-refractivity contribution in [3.8, 4) is 0 Å². The fourth-order valence-electron chi connectivity index (χ4n) is 3.20. The molecule has 0 unspecified atom stereocenters. The van der Waals surface area contributed by atoms with Gasteiger partial charge in [0, 0.05) is 30.7 Å². The Morgan fingerprint density at radius 1 is 1.27 bits per heavy atom. The van der Waals surface area contributed by atoms with Crippen LogP contribution in [-0.2, 0) is 23.6 Å². The molecule has 1 amide bonds. The summed E-state index contributed by atoms with van der Waals surface area (Å²) in [4.78, 5) is 17.0. The largest absolute Gasteiger partial charge is 0.350 e. The third-order valence-electron chi connectivity index (χ3n) is 4.93. The maximum atomic E-state index is 13.1. The number of fused-ring (bicyclic) bond motifs is 1. The molecule has 0 saturated carbocycles. The minimum atomic E-state index is -3.75. The molecule has 1 heterocycles. The molecule has 3 rings (SSSR count). The number of aromatic nitrogens is 2. The molecule has 2 aromatic carbocycles. The number of benzene rings is 2. The molecule has 3 aromatic rings. The highest BCUT2D eigenvalue weighted by molar-refractivity contribution is 7.89. The molecule has 0 aliphatic heterocycles. The van der Waals surface area contributed by atoms with Crippen LogP contribution >= 0.6 is 11.6 Å². The van der Waals surface area contributed by atoms with E-state index in [1.54, 1.807) is 37.3 Å². The van der Waals surface area contributed by atoms with E-state index in [0.29, 0.717) is 27.5 Å². The first-order chi connectivity index (χ1) is 14.0. The topological polar surface area (TPSA) is 84.3 Å². The number of hydrogen-bond acceptors (Lipinski definition) is 4. The van der Waals surface area contributed by atoms with Crippen LogP contribution in [0.4, 0.5) is 0 Å². The molecule has 1 aromatic heterocycles. The molecular formula is C21H25ClN4O3S. The van der Waals surface area contributed by atoms with Crippen LogP contribution in [0.5, 0.6) is 0 Å². The summed E-state index contributed by atoms with van der Waals surface area (Å²) in [5, 5.41) is 3.26. The number of nitrogens with zero attached hydrogens (tertiary/aromatic N) is 3. The molecule has 30 heavy (non-hydrogen) atoms. The number of nitrogens with one attached hydrogen (secondary N) is 1. The van der Waals surface area contributed by atoms with Crippen molar-refractivity contribution < 1.29 is 13.2 Å². The molecule has 0 radical (unpaired) electrons. The molecule has 1 N–H and O–H groups in total. The van der Waals surface area contributed by atoms with E-state index in [4.69, 9.17) is 11.6 Å². The van der Waals surface area contributed by atoms with E-state index in [-0.39, 0.29) is 23.4 Å². The molecule has 0 spiro atoms. The predicted molar refractivity (Wildman–Crippen MR) is 118 cm³/mol. The van der Waals surface area contributed by atoms with Crippen molar-refractivity contribution >= 4 is 38.6 Å². The SMILES string of the molecule is Cc1c(Cl)cccc1S(=O)(=O)N(C)Cc1nc2cc(C(=O)NC(C)C)ccc2n1C. The maximum absolute atomic E-state index is 13.1. The smallest absolute Gasteiger partial charge is 0.251 e. The van der Waals surface area contributed by atoms with Crippen LogP contribution in [0, 0.1) is 6.92 Å². The molecule has 0 aliphatic carbocycles. The molecule has 160 valence electrons. The van der Waals surface area contributed by atoms with Gasteiger partial charge in [-0.05, 0) is 56.7 Å². The van der Waals surface area contributed by atoms with Crippen LogP contribution < -0.4 is 5.32 Å². The van der Waals surface area contributed by atoms with Crippen LogP contribution in [-0.4, -0.2) is 41.3 Å². The highest BCUT2D eigenvalue weighted by Crippen LogP contribution is 2.26. The third-order valence-corrected chi connectivity index (χ3v) is 7.28. The average molecular weight is 449 g/mol. The molecule has 9 heteroatoms. The minimum Gasteiger partial charge on any atom is -0.350 e. The van der Waals surface area contributed by atoms with Gasteiger partial charge in [-0.15, -0.1) is 0 Å². The number of amides is 1. The van der Waals surface area contributed by atoms with Crippen LogP contribution in [0.1, 0.15) is 35.6 Å². The number of imidazole rings is 1. The summed E-state index contributed by atoms with van der Waals surface area (Å²) in [7, 11) is -0.415. The van der Waals surface area contributed by atoms with Gasteiger partial charge in [0.05, 0.1) is 22.5 Å². The number of carbonyl (C=O) groups is 1. The van der Waals surface area contributed by atoms with Crippen molar-refractivity contribution in [1.82, 2.24) is 19.2 Å². The minimum absolute atomic E-state index is 0.0290. The van der Waals surface area contributed by atoms with Crippen molar-refractivity contribution in [3.63, 3.8) is 0 Å². The van der Waals surface area contributed by atoms with Crippen LogP contribution in [0.2, 0.25) is 5.02 Å². The van der Waals surface area contributed by atoms with Gasteiger partial charge in [-0.25, -0.2) is 13.4 Å². The summed E-state index contributed by atoms with van der Waals surface area (Å²) in [5.41, 5.74) is 2.47. The number of hydrogen-bond donors (Lipinski definition) is 1. The van der Waals surface area contributed by atoms with Gasteiger partial charge in [0.2, 0.25) is 10.0 Å². The second-order valence-electron chi connectivity index (χ2n) is 7.54. The second-order valence-corrected chi connectivity index (χ2v) is 9.96. The van der Waals surface area contributed by atoms with Gasteiger partial charge < -0.3 is 9.88 Å². The lowest BCUT2D eigenvalue weighted by Gasteiger charge is -2.18. The number of halogens is 1. The summed E-state index contributed by atoms with van der Waals surface area (Å²) in [6, 6.07) is 10.1. The van der Waals surface area contributed by atoms with Crippen LogP contribution in [0.15, 0.2) is 41.3 Å². The fourth-order valence-corrected chi connectivity index (χ4v) is 4.80. The zero-order chi connectivity index (χ0) is 22.2. The fraction of sp³-hybridized carbons (Fsp3) is 0.333. The summed E-state index contributed by atoms with van der Waals surface area (Å²) in [6.07, 6.45) is 0. The molecule has 0 atom stereocenters. The average Bonchev–Trinajstić information content (AvgIpc) is 2.98. The van der Waals surface area contributed by atoms with Gasteiger partial charge in [-0.1, -0.05) is 17.7 Å². The van der Waals surface area contributed by atoms with E-state index in [9.17, 15) is 13.2 Å². The van der Waals surface area contributed by atoms with E-state index in [2.05, 4.69) is 10.3 Å². The zero-order valence-electron chi connectivity index (χ0n) is 17.6. The summed E-state index contributed by atoms with van der Waals surface area (Å²) in [6.45, 7) is 5.55. The van der Waals surface area contributed by atoms with Gasteiger partial charge in [0.15, 0.2) is 0 Å². The molecule has 0 fully saturated rings. The van der Waals surface area contributed by atoms with Crippen molar-refractivity contribution in [2.24, 2.45) is 7.05 Å². The lowest BCUT2D eigenvalue weighted by atomic mass is 10.2. The van der Waals surface area contributed by atoms with E-state index in [0.717, 1.165) is 5.52 Å². The standard InChI is InChI=1S/C21H25ClN4O3S/c1-13(2)23-21(27)15-9-10-18-17(11-15)24-20(26(18)5)12-25(4)30(28,29)19-8-6-7-16(22)14(19)3/h6-11,13H,12H2,1-5H3,(H,23,27). The zero-order valence-corrected chi connectivity index (χ0v) is 19.2. The Morgan fingerprint density at radius 3 is 2.63 bits per heavy atom. The molecule has 0 aliphatic rings. The summed E-state index contributed by atoms with van der Waals surface area (Å²) < 4.78 is 29.2. The third kappa shape index (κ3) is 4.21. The Kier molecular flexibility index (Phi) is 6.21. The Labute approximate surface area is 181 Å². The Hall–Kier alpha value is -2.42. The number of aryl methyl sites for hydroxylation is 1. The molecule has 0 saturated heterocycles. The van der Waals surface area contributed by atoms with Gasteiger partial charge in [-0.3, -0.25) is 4.79 Å². The molecule has 0 bridgehead atoms. The first kappa shape index (κ1) is 22.3. The monoisotopic (exact) mass is 448 g/mol. The van der Waals surface area contributed by atoms with E-state index in [1.165, 1.54) is 11.4 Å². The first-order valence-electron chi connectivity index (χ1n) is 9.50. The summed E-state index contributed by atoms with van der Waals surface area (Å²) in [5.74, 6) is 0.396. The van der Waals surface area contributed by atoms with Gasteiger partial charge >= 0.3 is 0 Å². The Balaban J connectivity index is 1.92. The van der Waals surface area contributed by atoms with Crippen molar-refractivity contribution in [3.05, 3.63) is 58.4 Å². The van der Waals surface area contributed by atoms with E-state index >= 15 is 0 Å². The van der Waals surface area contributed by atoms with Crippen molar-refractivity contribution in [2.45, 2.75) is 38.3 Å². The summed E-state index contributed by atoms with van der Waals surface area (Å²) >= 11 is 6.10. The molecular weight excluding hydrogens is 424 g/mol. The highest BCUT2D eigenvalue weighted by atomic mass is 35.5. The van der Waals surface area contributed by atoms with Crippen molar-refractivity contribution in [2.75, 3.05) is 7.05 Å². The van der Waals surface area contributed by atoms with Gasteiger partial charge in [0.1, 0.15) is 5.82 Å². The lowest BCUT2D eigenvalue weighted by Crippen LogP contribution is -2.29. The predicted octanol–water partition coefficient (Wildman–Crippen LogP) is 3.49. The number of rotatable bonds is 6. The van der Waals surface area contributed by atoms with Crippen LogP contribution in [0.25, 0.3) is 11.0 Å². The van der Waals surface area contributed by atoms with Crippen LogP contribution in [0.3, 0.4) is 0 Å². The normalized spacial score (nSPS) is 12.1. The van der Waals surface area contributed by atoms with E-state index < -0.39 is 10.0 Å². The molecule has 7 nitrogen and oxygen atoms in total. The number of carbonyl (C=O) groups excluding carboxylic acids is 1. The quantitative estimate of drug-likeness (QED) is 0.625. The Bertz CT molecular complexity index is 1220. The van der Waals surface area contributed by atoms with Crippen molar-refractivity contribution in [1.29, 1.82) is 0 Å². The number of sulfonamides is 1. The highest BCUT2D eigenvalue weighted by Gasteiger charge is 2.25. The van der Waals surface area contributed by atoms with E-state index in [1.807, 2.05) is 31.5 Å².